The van der Waals surface area contributed by atoms with E-state index in [1.807, 2.05) is 0 Å². The van der Waals surface area contributed by atoms with Gasteiger partial charge in [-0.25, -0.2) is 13.2 Å². The van der Waals surface area contributed by atoms with Gasteiger partial charge in [0, 0.05) is 37.9 Å². The lowest BCUT2D eigenvalue weighted by atomic mass is 9.96. The molecule has 3 aromatic carbocycles. The summed E-state index contributed by atoms with van der Waals surface area (Å²) in [6.07, 6.45) is -1.89. The summed E-state index contributed by atoms with van der Waals surface area (Å²) in [5, 5.41) is 15.7. The van der Waals surface area contributed by atoms with Crippen LogP contribution >= 0.6 is 27.5 Å². The van der Waals surface area contributed by atoms with E-state index in [1.165, 1.54) is 30.3 Å². The first-order valence-corrected chi connectivity index (χ1v) is 10.4. The number of aliphatic hydroxyl groups is 1. The third-order valence-corrected chi connectivity index (χ3v) is 5.73. The molecule has 0 saturated heterocycles. The second-order valence-electron chi connectivity index (χ2n) is 7.08. The molecule has 0 fully saturated rings. The first-order valence-electron chi connectivity index (χ1n) is 9.18. The van der Waals surface area contributed by atoms with Crippen LogP contribution in [-0.4, -0.2) is 16.9 Å². The van der Waals surface area contributed by atoms with E-state index in [4.69, 9.17) is 11.6 Å². The molecule has 1 unspecified atom stereocenters. The maximum absolute atomic E-state index is 13.9. The summed E-state index contributed by atoms with van der Waals surface area (Å²) >= 11 is 9.47. The quantitative estimate of drug-likeness (QED) is 0.447. The van der Waals surface area contributed by atoms with Crippen LogP contribution in [0, 0.1) is 17.5 Å². The highest BCUT2D eigenvalue weighted by Gasteiger charge is 2.35. The number of nitrogens with one attached hydrogen (secondary N) is 2. The van der Waals surface area contributed by atoms with Gasteiger partial charge in [-0.1, -0.05) is 27.5 Å². The Morgan fingerprint density at radius 1 is 1.06 bits per heavy atom. The molecule has 0 aromatic heterocycles. The maximum atomic E-state index is 13.9. The van der Waals surface area contributed by atoms with Gasteiger partial charge >= 0.3 is 0 Å². The predicted molar refractivity (Wildman–Crippen MR) is 115 cm³/mol. The molecule has 10 heteroatoms. The third kappa shape index (κ3) is 4.23. The lowest BCUT2D eigenvalue weighted by Crippen LogP contribution is -2.23. The Balaban J connectivity index is 1.74. The Hall–Kier alpha value is -2.88. The molecule has 2 atom stereocenters. The van der Waals surface area contributed by atoms with Crippen LogP contribution in [0.1, 0.15) is 39.2 Å². The smallest absolute Gasteiger partial charge is 0.257 e. The number of carbonyl (C=O) groups excluding carboxylic acids is 2. The summed E-state index contributed by atoms with van der Waals surface area (Å²) in [6.45, 7) is 0. The van der Waals surface area contributed by atoms with E-state index < -0.39 is 41.4 Å². The van der Waals surface area contributed by atoms with Crippen LogP contribution in [0.15, 0.2) is 53.0 Å². The fraction of sp³-hybridized carbons (Fsp3) is 0.0909. The molecule has 1 aliphatic rings. The van der Waals surface area contributed by atoms with E-state index in [0.29, 0.717) is 16.1 Å². The van der Waals surface area contributed by atoms with E-state index in [9.17, 15) is 27.9 Å². The van der Waals surface area contributed by atoms with Crippen molar-refractivity contribution in [3.05, 3.63) is 97.7 Å². The van der Waals surface area contributed by atoms with Crippen LogP contribution in [0.5, 0.6) is 0 Å². The summed E-state index contributed by atoms with van der Waals surface area (Å²) in [5.41, 5.74) is 0.608. The number of hydrogen-bond acceptors (Lipinski definition) is 3. The summed E-state index contributed by atoms with van der Waals surface area (Å²) in [4.78, 5) is 25.2. The molecule has 5 nitrogen and oxygen atoms in total. The van der Waals surface area contributed by atoms with Crippen molar-refractivity contribution in [1.82, 2.24) is 5.32 Å². The molecule has 0 spiro atoms. The molecule has 1 heterocycles. The first-order chi connectivity index (χ1) is 15.1. The Bertz CT molecular complexity index is 1250. The Morgan fingerprint density at radius 3 is 2.44 bits per heavy atom. The minimum absolute atomic E-state index is 0.124. The van der Waals surface area contributed by atoms with Crippen LogP contribution < -0.4 is 10.6 Å². The van der Waals surface area contributed by atoms with Gasteiger partial charge in [-0.3, -0.25) is 9.59 Å². The summed E-state index contributed by atoms with van der Waals surface area (Å²) in [7, 11) is 0. The van der Waals surface area contributed by atoms with Gasteiger partial charge in [0.15, 0.2) is 6.10 Å². The normalized spacial score (nSPS) is 15.8. The molecule has 0 aliphatic carbocycles. The van der Waals surface area contributed by atoms with Gasteiger partial charge in [-0.2, -0.15) is 0 Å². The van der Waals surface area contributed by atoms with Crippen LogP contribution in [0.3, 0.4) is 0 Å². The second kappa shape index (κ2) is 8.57. The minimum atomic E-state index is -1.89. The number of carbonyl (C=O) groups is 2. The number of anilines is 1. The second-order valence-corrected chi connectivity index (χ2v) is 8.40. The van der Waals surface area contributed by atoms with Gasteiger partial charge in [0.05, 0.1) is 6.04 Å². The van der Waals surface area contributed by atoms with Crippen molar-refractivity contribution in [1.29, 1.82) is 0 Å². The lowest BCUT2D eigenvalue weighted by molar-refractivity contribution is -0.124. The van der Waals surface area contributed by atoms with Crippen molar-refractivity contribution in [3.8, 4) is 0 Å². The highest BCUT2D eigenvalue weighted by atomic mass is 79.9. The number of fused-ring (bicyclic) bond motifs is 1. The monoisotopic (exact) mass is 524 g/mol. The SMILES string of the molecule is O=C1NC(c2cc(F)ccc2Cl)c2c(NC(=O)[C@H](O)c3cc(F)cc(F)c3)cc(Br)cc21. The first kappa shape index (κ1) is 22.3. The van der Waals surface area contributed by atoms with Gasteiger partial charge in [0.1, 0.15) is 17.5 Å². The molecule has 4 rings (SSSR count). The average Bonchev–Trinajstić information content (AvgIpc) is 3.04. The molecule has 2 amide bonds. The topological polar surface area (TPSA) is 78.4 Å². The fourth-order valence-electron chi connectivity index (χ4n) is 3.56. The van der Waals surface area contributed by atoms with Crippen molar-refractivity contribution < 1.29 is 27.9 Å². The maximum Gasteiger partial charge on any atom is 0.257 e. The number of aliphatic hydroxyl groups excluding tert-OH is 1. The highest BCUT2D eigenvalue weighted by Crippen LogP contribution is 2.41. The Labute approximate surface area is 193 Å². The summed E-state index contributed by atoms with van der Waals surface area (Å²) in [6, 6.07) is 8.08. The zero-order valence-corrected chi connectivity index (χ0v) is 18.3. The van der Waals surface area contributed by atoms with Crippen LogP contribution in [0.2, 0.25) is 5.02 Å². The molecule has 3 N–H and O–H groups in total. The van der Waals surface area contributed by atoms with Gasteiger partial charge in [-0.05, 0) is 48.0 Å². The van der Waals surface area contributed by atoms with Crippen molar-refractivity contribution in [3.63, 3.8) is 0 Å². The van der Waals surface area contributed by atoms with E-state index in [0.717, 1.165) is 12.1 Å². The molecule has 1 aliphatic heterocycles. The van der Waals surface area contributed by atoms with Gasteiger partial charge in [-0.15, -0.1) is 0 Å². The number of benzene rings is 3. The van der Waals surface area contributed by atoms with Crippen molar-refractivity contribution in [2.45, 2.75) is 12.1 Å². The summed E-state index contributed by atoms with van der Waals surface area (Å²) in [5.74, 6) is -3.94. The highest BCUT2D eigenvalue weighted by molar-refractivity contribution is 9.10. The number of rotatable bonds is 4. The predicted octanol–water partition coefficient (Wildman–Crippen LogP) is 5.02. The van der Waals surface area contributed by atoms with Crippen molar-refractivity contribution >= 4 is 45.0 Å². The zero-order chi connectivity index (χ0) is 23.2. The van der Waals surface area contributed by atoms with Gasteiger partial charge in [0.25, 0.3) is 11.8 Å². The molecular weight excluding hydrogens is 513 g/mol. The standard InChI is InChI=1S/C22H13BrClF3N2O3/c23-10-5-15-18(19(29-21(15)31)14-8-11(25)1-2-16(14)24)17(6-10)28-22(32)20(30)9-3-12(26)7-13(27)4-9/h1-8,19-20,30H,(H,28,32)(H,29,31)/t19?,20-/m1/s1. The van der Waals surface area contributed by atoms with Crippen LogP contribution in [-0.2, 0) is 4.79 Å². The Kier molecular flexibility index (Phi) is 5.98. The lowest BCUT2D eigenvalue weighted by Gasteiger charge is -2.19. The van der Waals surface area contributed by atoms with E-state index in [-0.39, 0.29) is 27.4 Å². The Morgan fingerprint density at radius 2 is 1.75 bits per heavy atom. The molecule has 0 bridgehead atoms. The van der Waals surface area contributed by atoms with Gasteiger partial charge < -0.3 is 15.7 Å². The fourth-order valence-corrected chi connectivity index (χ4v) is 4.24. The van der Waals surface area contributed by atoms with Crippen LogP contribution in [0.4, 0.5) is 18.9 Å². The molecule has 32 heavy (non-hydrogen) atoms. The summed E-state index contributed by atoms with van der Waals surface area (Å²) < 4.78 is 41.3. The molecule has 0 saturated carbocycles. The van der Waals surface area contributed by atoms with E-state index in [1.54, 1.807) is 0 Å². The average molecular weight is 526 g/mol. The minimum Gasteiger partial charge on any atom is -0.378 e. The molecular formula is C22H13BrClF3N2O3. The molecule has 3 aromatic rings. The largest absolute Gasteiger partial charge is 0.378 e. The van der Waals surface area contributed by atoms with Crippen molar-refractivity contribution in [2.75, 3.05) is 5.32 Å². The van der Waals surface area contributed by atoms with Gasteiger partial charge in [0.2, 0.25) is 0 Å². The van der Waals surface area contributed by atoms with E-state index >= 15 is 0 Å². The third-order valence-electron chi connectivity index (χ3n) is 4.93. The molecule has 164 valence electrons. The molecule has 0 radical (unpaired) electrons. The van der Waals surface area contributed by atoms with Crippen LogP contribution in [0.25, 0.3) is 0 Å². The number of amides is 2. The zero-order valence-electron chi connectivity index (χ0n) is 15.9. The number of hydrogen-bond donors (Lipinski definition) is 3. The van der Waals surface area contributed by atoms with Crippen molar-refractivity contribution in [2.24, 2.45) is 0 Å². The van der Waals surface area contributed by atoms with E-state index in [2.05, 4.69) is 26.6 Å². The number of halogens is 5.